The molecule has 0 bridgehead atoms. The Morgan fingerprint density at radius 3 is 2.48 bits per heavy atom. The second kappa shape index (κ2) is 12.4. The van der Waals surface area contributed by atoms with Gasteiger partial charge in [-0.05, 0) is 25.0 Å². The molecule has 164 valence electrons. The van der Waals surface area contributed by atoms with Gasteiger partial charge in [0.05, 0.1) is 19.5 Å². The molecule has 0 aliphatic carbocycles. The number of carbonyl (C=O) groups excluding carboxylic acids is 1. The van der Waals surface area contributed by atoms with E-state index in [1.165, 1.54) is 6.26 Å². The van der Waals surface area contributed by atoms with Crippen LogP contribution < -0.4 is 5.32 Å². The zero-order valence-electron chi connectivity index (χ0n) is 17.5. The topological polar surface area (TPSA) is 73.6 Å². The van der Waals surface area contributed by atoms with Crippen LogP contribution in [0.25, 0.3) is 0 Å². The Kier molecular flexibility index (Phi) is 10.2. The molecule has 2 aliphatic heterocycles. The van der Waals surface area contributed by atoms with Crippen LogP contribution in [0, 0.1) is 5.92 Å². The zero-order chi connectivity index (χ0) is 19.8. The Morgan fingerprint density at radius 1 is 1.17 bits per heavy atom. The van der Waals surface area contributed by atoms with E-state index in [1.807, 2.05) is 4.90 Å². The van der Waals surface area contributed by atoms with E-state index in [0.29, 0.717) is 24.8 Å². The van der Waals surface area contributed by atoms with Crippen molar-refractivity contribution in [3.63, 3.8) is 0 Å². The van der Waals surface area contributed by atoms with Crippen LogP contribution in [0.2, 0.25) is 0 Å². The third kappa shape index (κ3) is 7.14. The number of halogens is 1. The van der Waals surface area contributed by atoms with Crippen LogP contribution in [0.15, 0.2) is 27.8 Å². The number of hydrogen-bond acceptors (Lipinski definition) is 5. The number of morpholine rings is 1. The van der Waals surface area contributed by atoms with Gasteiger partial charge in [-0.2, -0.15) is 0 Å². The summed E-state index contributed by atoms with van der Waals surface area (Å²) >= 11 is 0. The summed E-state index contributed by atoms with van der Waals surface area (Å²) in [4.78, 5) is 23.8. The van der Waals surface area contributed by atoms with Gasteiger partial charge >= 0.3 is 0 Å². The molecule has 1 unspecified atom stereocenters. The van der Waals surface area contributed by atoms with E-state index < -0.39 is 0 Å². The van der Waals surface area contributed by atoms with Crippen molar-refractivity contribution in [3.8, 4) is 0 Å². The molecular formula is C20H34IN5O3. The maximum Gasteiger partial charge on any atom is 0.289 e. The van der Waals surface area contributed by atoms with Crippen LogP contribution in [0.3, 0.4) is 0 Å². The Morgan fingerprint density at radius 2 is 1.86 bits per heavy atom. The molecule has 2 aliphatic rings. The second-order valence-corrected chi connectivity index (χ2v) is 7.47. The van der Waals surface area contributed by atoms with E-state index in [1.54, 1.807) is 12.1 Å². The average molecular weight is 519 g/mol. The fourth-order valence-corrected chi connectivity index (χ4v) is 3.63. The molecule has 2 fully saturated rings. The summed E-state index contributed by atoms with van der Waals surface area (Å²) in [6.45, 7) is 13.6. The molecule has 0 radical (unpaired) electrons. The number of nitrogens with one attached hydrogen (secondary N) is 1. The fourth-order valence-electron chi connectivity index (χ4n) is 3.63. The van der Waals surface area contributed by atoms with Crippen LogP contribution in [-0.2, 0) is 4.74 Å². The first-order valence-corrected chi connectivity index (χ1v) is 10.3. The van der Waals surface area contributed by atoms with Crippen molar-refractivity contribution in [2.75, 3.05) is 72.1 Å². The van der Waals surface area contributed by atoms with Gasteiger partial charge in [0.1, 0.15) is 0 Å². The van der Waals surface area contributed by atoms with Gasteiger partial charge < -0.3 is 24.3 Å². The minimum Gasteiger partial charge on any atom is -0.459 e. The van der Waals surface area contributed by atoms with Gasteiger partial charge in [-0.25, -0.2) is 0 Å². The number of furan rings is 1. The molecule has 8 nitrogen and oxygen atoms in total. The molecule has 1 aromatic heterocycles. The summed E-state index contributed by atoms with van der Waals surface area (Å²) in [6.07, 6.45) is 1.54. The molecule has 0 aromatic carbocycles. The molecule has 3 heterocycles. The largest absolute Gasteiger partial charge is 0.459 e. The molecule has 1 atom stereocenters. The minimum absolute atomic E-state index is 0. The van der Waals surface area contributed by atoms with E-state index in [-0.39, 0.29) is 29.9 Å². The lowest BCUT2D eigenvalue weighted by molar-refractivity contribution is 0.0323. The highest BCUT2D eigenvalue weighted by atomic mass is 127. The Hall–Kier alpha value is -1.33. The summed E-state index contributed by atoms with van der Waals surface area (Å²) in [5.41, 5.74) is 0. The molecule has 1 amide bonds. The molecule has 1 N–H and O–H groups in total. The van der Waals surface area contributed by atoms with E-state index in [4.69, 9.17) is 14.1 Å². The Labute approximate surface area is 190 Å². The molecule has 1 aromatic rings. The summed E-state index contributed by atoms with van der Waals surface area (Å²) in [7, 11) is 0. The van der Waals surface area contributed by atoms with E-state index in [0.717, 1.165) is 65.0 Å². The first kappa shape index (κ1) is 23.9. The van der Waals surface area contributed by atoms with Crippen LogP contribution >= 0.6 is 24.0 Å². The van der Waals surface area contributed by atoms with Gasteiger partial charge in [0.2, 0.25) is 0 Å². The lowest BCUT2D eigenvalue weighted by Gasteiger charge is -2.36. The Bertz CT molecular complexity index is 626. The molecule has 2 saturated heterocycles. The first-order valence-electron chi connectivity index (χ1n) is 10.3. The highest BCUT2D eigenvalue weighted by Crippen LogP contribution is 2.10. The van der Waals surface area contributed by atoms with Crippen molar-refractivity contribution in [1.82, 2.24) is 20.0 Å². The number of rotatable bonds is 6. The van der Waals surface area contributed by atoms with Crippen LogP contribution in [0.5, 0.6) is 0 Å². The van der Waals surface area contributed by atoms with E-state index >= 15 is 0 Å². The molecular weight excluding hydrogens is 485 g/mol. The minimum atomic E-state index is -0.0364. The number of guanidine groups is 1. The summed E-state index contributed by atoms with van der Waals surface area (Å²) < 4.78 is 10.7. The highest BCUT2D eigenvalue weighted by Gasteiger charge is 2.25. The van der Waals surface area contributed by atoms with Crippen molar-refractivity contribution in [2.24, 2.45) is 10.9 Å². The number of ether oxygens (including phenoxy) is 1. The molecule has 29 heavy (non-hydrogen) atoms. The maximum atomic E-state index is 12.4. The van der Waals surface area contributed by atoms with Gasteiger partial charge in [0, 0.05) is 58.9 Å². The van der Waals surface area contributed by atoms with Gasteiger partial charge in [0.15, 0.2) is 11.7 Å². The van der Waals surface area contributed by atoms with E-state index in [9.17, 15) is 4.79 Å². The maximum absolute atomic E-state index is 12.4. The summed E-state index contributed by atoms with van der Waals surface area (Å²) in [5, 5.41) is 3.40. The molecule has 0 saturated carbocycles. The third-order valence-electron chi connectivity index (χ3n) is 5.16. The van der Waals surface area contributed by atoms with Gasteiger partial charge in [0.25, 0.3) is 5.91 Å². The monoisotopic (exact) mass is 519 g/mol. The smallest absolute Gasteiger partial charge is 0.289 e. The number of amides is 1. The second-order valence-electron chi connectivity index (χ2n) is 7.47. The quantitative estimate of drug-likeness (QED) is 0.350. The number of aliphatic imine (C=N–C) groups is 1. The highest BCUT2D eigenvalue weighted by molar-refractivity contribution is 14.0. The van der Waals surface area contributed by atoms with Crippen LogP contribution in [-0.4, -0.2) is 98.7 Å². The number of carbonyl (C=O) groups is 1. The third-order valence-corrected chi connectivity index (χ3v) is 5.16. The van der Waals surface area contributed by atoms with Gasteiger partial charge in [-0.1, -0.05) is 6.92 Å². The predicted octanol–water partition coefficient (Wildman–Crippen LogP) is 1.59. The van der Waals surface area contributed by atoms with Crippen molar-refractivity contribution >= 4 is 35.8 Å². The van der Waals surface area contributed by atoms with Crippen molar-refractivity contribution in [3.05, 3.63) is 24.2 Å². The zero-order valence-corrected chi connectivity index (χ0v) is 19.8. The van der Waals surface area contributed by atoms with Gasteiger partial charge in [-0.3, -0.25) is 14.7 Å². The Balaban J connectivity index is 0.00000300. The fraction of sp³-hybridized carbons (Fsp3) is 0.700. The van der Waals surface area contributed by atoms with Crippen molar-refractivity contribution < 1.29 is 13.9 Å². The van der Waals surface area contributed by atoms with Gasteiger partial charge in [-0.15, -0.1) is 24.0 Å². The molecule has 3 rings (SSSR count). The van der Waals surface area contributed by atoms with E-state index in [2.05, 4.69) is 29.0 Å². The predicted molar refractivity (Wildman–Crippen MR) is 124 cm³/mol. The van der Waals surface area contributed by atoms with Crippen LogP contribution in [0.1, 0.15) is 24.4 Å². The first-order chi connectivity index (χ1) is 13.7. The lowest BCUT2D eigenvalue weighted by atomic mass is 10.1. The van der Waals surface area contributed by atoms with Crippen molar-refractivity contribution in [2.45, 2.75) is 13.8 Å². The number of hydrogen-bond donors (Lipinski definition) is 1. The molecule has 0 spiro atoms. The number of piperazine rings is 1. The van der Waals surface area contributed by atoms with Crippen LogP contribution in [0.4, 0.5) is 0 Å². The average Bonchev–Trinajstić information content (AvgIpc) is 3.26. The lowest BCUT2D eigenvalue weighted by Crippen LogP contribution is -2.53. The molecule has 9 heteroatoms. The standard InChI is InChI=1S/C20H33N5O3.HI/c1-3-21-20(22-15-17(2)16-23-10-13-27-14-11-23)25-8-6-24(7-9-25)19(26)18-5-4-12-28-18;/h4-5,12,17H,3,6-11,13-16H2,1-2H3,(H,21,22);1H. The summed E-state index contributed by atoms with van der Waals surface area (Å²) in [6, 6.07) is 3.47. The summed E-state index contributed by atoms with van der Waals surface area (Å²) in [5.74, 6) is 1.81. The number of nitrogens with zero attached hydrogens (tertiary/aromatic N) is 4. The van der Waals surface area contributed by atoms with Crippen molar-refractivity contribution in [1.29, 1.82) is 0 Å². The normalized spacial score (nSPS) is 19.6. The SMILES string of the molecule is CCNC(=NCC(C)CN1CCOCC1)N1CCN(C(=O)c2ccco2)CC1.I.